The van der Waals surface area contributed by atoms with Crippen molar-refractivity contribution in [2.45, 2.75) is 19.4 Å². The summed E-state index contributed by atoms with van der Waals surface area (Å²) in [5, 5.41) is 11.1. The van der Waals surface area contributed by atoms with Crippen LogP contribution in [0.4, 0.5) is 10.1 Å². The molecule has 1 aliphatic rings. The van der Waals surface area contributed by atoms with Gasteiger partial charge < -0.3 is 4.74 Å². The van der Waals surface area contributed by atoms with Crippen molar-refractivity contribution in [1.29, 1.82) is 0 Å². The van der Waals surface area contributed by atoms with Crippen molar-refractivity contribution in [3.8, 4) is 5.75 Å². The zero-order chi connectivity index (χ0) is 17.6. The van der Waals surface area contributed by atoms with E-state index in [1.165, 1.54) is 18.2 Å². The summed E-state index contributed by atoms with van der Waals surface area (Å²) >= 11 is 0. The van der Waals surface area contributed by atoms with Crippen LogP contribution in [0.1, 0.15) is 18.4 Å². The molecule has 3 rings (SSSR count). The summed E-state index contributed by atoms with van der Waals surface area (Å²) in [6.45, 7) is 2.41. The highest BCUT2D eigenvalue weighted by Crippen LogP contribution is 2.26. The molecule has 1 saturated heterocycles. The van der Waals surface area contributed by atoms with E-state index in [0.29, 0.717) is 12.5 Å². The van der Waals surface area contributed by atoms with Crippen LogP contribution in [0.2, 0.25) is 0 Å². The third kappa shape index (κ3) is 4.54. The van der Waals surface area contributed by atoms with Crippen LogP contribution in [0.5, 0.6) is 5.75 Å². The normalized spacial score (nSPS) is 18.0. The molecule has 0 spiro atoms. The van der Waals surface area contributed by atoms with Crippen LogP contribution in [0.15, 0.2) is 48.5 Å². The maximum absolute atomic E-state index is 14.1. The molecule has 1 fully saturated rings. The van der Waals surface area contributed by atoms with Crippen LogP contribution in [0, 0.1) is 21.8 Å². The average molecular weight is 344 g/mol. The summed E-state index contributed by atoms with van der Waals surface area (Å²) in [4.78, 5) is 12.7. The van der Waals surface area contributed by atoms with Crippen molar-refractivity contribution in [2.24, 2.45) is 5.92 Å². The van der Waals surface area contributed by atoms with Crippen LogP contribution in [-0.4, -0.2) is 29.5 Å². The van der Waals surface area contributed by atoms with E-state index in [2.05, 4.69) is 4.90 Å². The summed E-state index contributed by atoms with van der Waals surface area (Å²) in [6.07, 6.45) is 2.02. The van der Waals surface area contributed by atoms with Gasteiger partial charge in [0.25, 0.3) is 5.69 Å². The molecule has 5 nitrogen and oxygen atoms in total. The van der Waals surface area contributed by atoms with E-state index in [4.69, 9.17) is 4.74 Å². The predicted molar refractivity (Wildman–Crippen MR) is 93.0 cm³/mol. The largest absolute Gasteiger partial charge is 0.493 e. The van der Waals surface area contributed by atoms with Crippen molar-refractivity contribution in [3.05, 3.63) is 70.0 Å². The lowest BCUT2D eigenvalue weighted by Crippen LogP contribution is -2.37. The molecular formula is C19H21FN2O3. The molecule has 0 amide bonds. The Morgan fingerprint density at radius 1 is 1.20 bits per heavy atom. The molecule has 6 heteroatoms. The van der Waals surface area contributed by atoms with Gasteiger partial charge in [0.15, 0.2) is 0 Å². The second-order valence-corrected chi connectivity index (χ2v) is 6.36. The molecule has 25 heavy (non-hydrogen) atoms. The molecule has 0 saturated carbocycles. The summed E-state index contributed by atoms with van der Waals surface area (Å²) in [5.41, 5.74) is 0.0137. The molecule has 0 N–H and O–H groups in total. The molecule has 1 unspecified atom stereocenters. The molecule has 0 aromatic heterocycles. The summed E-state index contributed by atoms with van der Waals surface area (Å²) in [5.74, 6) is 0.654. The Bertz CT molecular complexity index is 724. The Hall–Kier alpha value is -2.47. The Balaban J connectivity index is 1.61. The smallest absolute Gasteiger partial charge is 0.276 e. The number of likely N-dealkylation sites (tertiary alicyclic amines) is 1. The minimum atomic E-state index is -0.517. The fraction of sp³-hybridized carbons (Fsp3) is 0.368. The SMILES string of the molecule is O=[N+]([O-])c1cccc(F)c1CN1CCCC(COc2ccccc2)C1. The minimum absolute atomic E-state index is 0.150. The van der Waals surface area contributed by atoms with Crippen LogP contribution < -0.4 is 4.74 Å². The number of piperidine rings is 1. The fourth-order valence-electron chi connectivity index (χ4n) is 3.26. The first-order chi connectivity index (χ1) is 12.1. The highest BCUT2D eigenvalue weighted by molar-refractivity contribution is 5.40. The van der Waals surface area contributed by atoms with Gasteiger partial charge in [-0.2, -0.15) is 0 Å². The molecule has 132 valence electrons. The van der Waals surface area contributed by atoms with Gasteiger partial charge in [-0.3, -0.25) is 15.0 Å². The standard InChI is InChI=1S/C19H21FN2O3/c20-18-9-4-10-19(22(23)24)17(18)13-21-11-5-6-15(12-21)14-25-16-7-2-1-3-8-16/h1-4,7-10,15H,5-6,11-14H2. The summed E-state index contributed by atoms with van der Waals surface area (Å²) in [7, 11) is 0. The second kappa shape index (κ2) is 8.07. The topological polar surface area (TPSA) is 55.6 Å². The Kier molecular flexibility index (Phi) is 5.60. The number of ether oxygens (including phenoxy) is 1. The minimum Gasteiger partial charge on any atom is -0.493 e. The molecular weight excluding hydrogens is 323 g/mol. The molecule has 2 aromatic rings. The first kappa shape index (κ1) is 17.4. The molecule has 1 atom stereocenters. The van der Waals surface area contributed by atoms with Gasteiger partial charge in [-0.15, -0.1) is 0 Å². The summed E-state index contributed by atoms with van der Waals surface area (Å²) in [6, 6.07) is 13.7. The highest BCUT2D eigenvalue weighted by atomic mass is 19.1. The number of benzene rings is 2. The van der Waals surface area contributed by atoms with Gasteiger partial charge in [-0.05, 0) is 37.6 Å². The quantitative estimate of drug-likeness (QED) is 0.586. The lowest BCUT2D eigenvalue weighted by atomic mass is 9.98. The van der Waals surface area contributed by atoms with E-state index in [-0.39, 0.29) is 17.8 Å². The van der Waals surface area contributed by atoms with Gasteiger partial charge in [0, 0.05) is 25.1 Å². The van der Waals surface area contributed by atoms with Crippen molar-refractivity contribution in [1.82, 2.24) is 4.90 Å². The number of hydrogen-bond acceptors (Lipinski definition) is 4. The van der Waals surface area contributed by atoms with Crippen molar-refractivity contribution in [3.63, 3.8) is 0 Å². The monoisotopic (exact) mass is 344 g/mol. The molecule has 1 aliphatic heterocycles. The number of nitrogens with zero attached hydrogens (tertiary/aromatic N) is 2. The van der Waals surface area contributed by atoms with Crippen LogP contribution in [-0.2, 0) is 6.54 Å². The summed E-state index contributed by atoms with van der Waals surface area (Å²) < 4.78 is 19.9. The molecule has 0 aliphatic carbocycles. The average Bonchev–Trinajstić information content (AvgIpc) is 2.63. The van der Waals surface area contributed by atoms with Gasteiger partial charge in [-0.25, -0.2) is 4.39 Å². The first-order valence-electron chi connectivity index (χ1n) is 8.45. The number of nitro groups is 1. The molecule has 2 aromatic carbocycles. The van der Waals surface area contributed by atoms with E-state index in [1.807, 2.05) is 30.3 Å². The van der Waals surface area contributed by atoms with Crippen molar-refractivity contribution >= 4 is 5.69 Å². The Morgan fingerprint density at radius 2 is 2.00 bits per heavy atom. The van der Waals surface area contributed by atoms with E-state index in [9.17, 15) is 14.5 Å². The van der Waals surface area contributed by atoms with E-state index in [0.717, 1.165) is 31.7 Å². The first-order valence-corrected chi connectivity index (χ1v) is 8.45. The van der Waals surface area contributed by atoms with Crippen LogP contribution >= 0.6 is 0 Å². The fourth-order valence-corrected chi connectivity index (χ4v) is 3.26. The van der Waals surface area contributed by atoms with Crippen molar-refractivity contribution < 1.29 is 14.1 Å². The number of hydrogen-bond donors (Lipinski definition) is 0. The van der Waals surface area contributed by atoms with Gasteiger partial charge >= 0.3 is 0 Å². The molecule has 1 heterocycles. The predicted octanol–water partition coefficient (Wildman–Crippen LogP) is 4.02. The van der Waals surface area contributed by atoms with Gasteiger partial charge in [0.2, 0.25) is 0 Å². The zero-order valence-electron chi connectivity index (χ0n) is 13.9. The third-order valence-corrected chi connectivity index (χ3v) is 4.50. The zero-order valence-corrected chi connectivity index (χ0v) is 13.9. The maximum Gasteiger partial charge on any atom is 0.276 e. The van der Waals surface area contributed by atoms with E-state index in [1.54, 1.807) is 0 Å². The van der Waals surface area contributed by atoms with E-state index >= 15 is 0 Å². The van der Waals surface area contributed by atoms with Crippen LogP contribution in [0.3, 0.4) is 0 Å². The third-order valence-electron chi connectivity index (χ3n) is 4.50. The van der Waals surface area contributed by atoms with Crippen LogP contribution in [0.25, 0.3) is 0 Å². The lowest BCUT2D eigenvalue weighted by molar-refractivity contribution is -0.386. The number of nitro benzene ring substituents is 1. The van der Waals surface area contributed by atoms with E-state index < -0.39 is 10.7 Å². The number of halogens is 1. The lowest BCUT2D eigenvalue weighted by Gasteiger charge is -2.32. The van der Waals surface area contributed by atoms with Crippen molar-refractivity contribution in [2.75, 3.05) is 19.7 Å². The Labute approximate surface area is 146 Å². The van der Waals surface area contributed by atoms with Gasteiger partial charge in [0.1, 0.15) is 11.6 Å². The Morgan fingerprint density at radius 3 is 2.76 bits per heavy atom. The van der Waals surface area contributed by atoms with Gasteiger partial charge in [0.05, 0.1) is 17.1 Å². The molecule has 0 bridgehead atoms. The maximum atomic E-state index is 14.1. The molecule has 0 radical (unpaired) electrons. The van der Waals surface area contributed by atoms with Gasteiger partial charge in [-0.1, -0.05) is 24.3 Å². The second-order valence-electron chi connectivity index (χ2n) is 6.36. The number of para-hydroxylation sites is 1. The number of rotatable bonds is 6. The highest BCUT2D eigenvalue weighted by Gasteiger charge is 2.25.